The molecule has 0 saturated carbocycles. The molecule has 2 amide bonds. The maximum absolute atomic E-state index is 12.4. The second-order valence-electron chi connectivity index (χ2n) is 19.2. The lowest BCUT2D eigenvalue weighted by atomic mass is 9.78. The number of aryl methyl sites for hydroxylation is 2. The normalized spacial score (nSPS) is 12.3. The third kappa shape index (κ3) is 16.2. The van der Waals surface area contributed by atoms with Gasteiger partial charge in [0.05, 0.1) is 13.2 Å². The highest BCUT2D eigenvalue weighted by atomic mass is 16.5. The molecule has 0 aliphatic carbocycles. The van der Waals surface area contributed by atoms with Crippen LogP contribution < -0.4 is 10.6 Å². The first-order valence-electron chi connectivity index (χ1n) is 20.4. The summed E-state index contributed by atoms with van der Waals surface area (Å²) in [5, 5.41) is 27.1. The van der Waals surface area contributed by atoms with Gasteiger partial charge >= 0.3 is 23.8 Å². The van der Waals surface area contributed by atoms with E-state index in [4.69, 9.17) is 9.47 Å². The third-order valence-electron chi connectivity index (χ3n) is 9.75. The molecule has 10 heteroatoms. The van der Waals surface area contributed by atoms with Gasteiger partial charge in [0.2, 0.25) is 0 Å². The minimum absolute atomic E-state index is 0.237. The zero-order valence-electron chi connectivity index (χ0n) is 36.6. The highest BCUT2D eigenvalue weighted by molar-refractivity contribution is 6.35. The average molecular weight is 781 g/mol. The SMILES string of the molecule is CC(C)(C)c1cc(CCC(=O)OCCCCCNC(=O)C(=O)NCCCCCOC(=O)CCc2cc(C(C)(C)C)c(O)c(C(C)(C)C)c2)cc(C(C)(C)C)c1O. The molecular formula is C46H72N2O8. The Morgan fingerprint density at radius 2 is 0.768 bits per heavy atom. The lowest BCUT2D eigenvalue weighted by Crippen LogP contribution is -2.40. The monoisotopic (exact) mass is 781 g/mol. The van der Waals surface area contributed by atoms with E-state index < -0.39 is 11.8 Å². The molecule has 10 nitrogen and oxygen atoms in total. The molecule has 0 bridgehead atoms. The quantitative estimate of drug-likeness (QED) is 0.0668. The molecule has 0 spiro atoms. The number of aromatic hydroxyl groups is 2. The van der Waals surface area contributed by atoms with E-state index >= 15 is 0 Å². The van der Waals surface area contributed by atoms with Crippen LogP contribution in [0.4, 0.5) is 0 Å². The predicted octanol–water partition coefficient (Wildman–Crippen LogP) is 8.51. The molecule has 0 saturated heterocycles. The van der Waals surface area contributed by atoms with Crippen LogP contribution in [0, 0.1) is 0 Å². The van der Waals surface area contributed by atoms with Crippen molar-refractivity contribution in [3.05, 3.63) is 57.6 Å². The molecule has 0 radical (unpaired) electrons. The Balaban J connectivity index is 1.57. The molecule has 2 aromatic carbocycles. The zero-order valence-corrected chi connectivity index (χ0v) is 36.6. The molecular weight excluding hydrogens is 709 g/mol. The summed E-state index contributed by atoms with van der Waals surface area (Å²) in [6.07, 6.45) is 5.61. The number of hydrogen-bond acceptors (Lipinski definition) is 8. The number of rotatable bonds is 18. The fraction of sp³-hybridized carbons (Fsp3) is 0.652. The van der Waals surface area contributed by atoms with Crippen LogP contribution in [-0.2, 0) is 63.2 Å². The van der Waals surface area contributed by atoms with Crippen molar-refractivity contribution < 1.29 is 38.9 Å². The van der Waals surface area contributed by atoms with Gasteiger partial charge in [-0.25, -0.2) is 0 Å². The molecule has 0 aromatic heterocycles. The molecule has 0 unspecified atom stereocenters. The van der Waals surface area contributed by atoms with Crippen molar-refractivity contribution in [3.63, 3.8) is 0 Å². The fourth-order valence-corrected chi connectivity index (χ4v) is 6.35. The summed E-state index contributed by atoms with van der Waals surface area (Å²) in [5.74, 6) is -1.26. The lowest BCUT2D eigenvalue weighted by molar-refractivity contribution is -0.144. The van der Waals surface area contributed by atoms with Gasteiger partial charge in [0, 0.05) is 25.9 Å². The third-order valence-corrected chi connectivity index (χ3v) is 9.75. The van der Waals surface area contributed by atoms with Gasteiger partial charge < -0.3 is 30.3 Å². The van der Waals surface area contributed by atoms with Crippen LogP contribution in [0.5, 0.6) is 11.5 Å². The zero-order chi connectivity index (χ0) is 42.5. The van der Waals surface area contributed by atoms with Crippen LogP contribution in [0.3, 0.4) is 0 Å². The van der Waals surface area contributed by atoms with E-state index in [2.05, 4.69) is 93.7 Å². The minimum Gasteiger partial charge on any atom is -0.507 e. The maximum atomic E-state index is 12.4. The van der Waals surface area contributed by atoms with Crippen molar-refractivity contribution >= 4 is 23.8 Å². The van der Waals surface area contributed by atoms with Crippen LogP contribution in [0.1, 0.15) is 168 Å². The smallest absolute Gasteiger partial charge is 0.309 e. The van der Waals surface area contributed by atoms with E-state index in [0.717, 1.165) is 46.2 Å². The summed E-state index contributed by atoms with van der Waals surface area (Å²) in [6, 6.07) is 7.95. The summed E-state index contributed by atoms with van der Waals surface area (Å²) >= 11 is 0. The van der Waals surface area contributed by atoms with Gasteiger partial charge in [-0.1, -0.05) is 107 Å². The number of carbonyl (C=O) groups excluding carboxylic acids is 4. The van der Waals surface area contributed by atoms with E-state index in [-0.39, 0.29) is 46.4 Å². The highest BCUT2D eigenvalue weighted by Gasteiger charge is 2.28. The number of nitrogens with one attached hydrogen (secondary N) is 2. The number of amides is 2. The number of benzene rings is 2. The van der Waals surface area contributed by atoms with Crippen molar-refractivity contribution in [3.8, 4) is 11.5 Å². The van der Waals surface area contributed by atoms with Crippen LogP contribution in [0.25, 0.3) is 0 Å². The van der Waals surface area contributed by atoms with Crippen LogP contribution in [-0.4, -0.2) is 60.3 Å². The molecule has 4 N–H and O–H groups in total. The van der Waals surface area contributed by atoms with Crippen molar-refractivity contribution in [1.29, 1.82) is 0 Å². The first-order chi connectivity index (χ1) is 25.8. The second-order valence-corrected chi connectivity index (χ2v) is 19.2. The van der Waals surface area contributed by atoms with Gasteiger partial charge in [-0.05, 0) is 106 Å². The summed E-state index contributed by atoms with van der Waals surface area (Å²) < 4.78 is 10.8. The van der Waals surface area contributed by atoms with Crippen LogP contribution in [0.2, 0.25) is 0 Å². The Hall–Kier alpha value is -4.08. The molecule has 56 heavy (non-hydrogen) atoms. The van der Waals surface area contributed by atoms with Crippen molar-refractivity contribution in [2.75, 3.05) is 26.3 Å². The average Bonchev–Trinajstić information content (AvgIpc) is 3.07. The molecule has 0 fully saturated rings. The van der Waals surface area contributed by atoms with Gasteiger partial charge in [0.15, 0.2) is 0 Å². The molecule has 0 heterocycles. The highest BCUT2D eigenvalue weighted by Crippen LogP contribution is 2.41. The van der Waals surface area contributed by atoms with Gasteiger partial charge in [0.1, 0.15) is 11.5 Å². The first kappa shape index (κ1) is 48.1. The first-order valence-corrected chi connectivity index (χ1v) is 20.4. The second kappa shape index (κ2) is 20.9. The standard InChI is InChI=1S/C46H72N2O8/c1-43(2,3)33-27-31(28-34(39(33)51)44(4,5)6)19-21-37(49)55-25-17-13-15-23-47-41(53)42(54)48-24-16-14-18-26-56-38(50)22-20-32-29-35(45(7,8)9)40(52)36(30-32)46(10,11)12/h27-30,51-52H,13-26H2,1-12H3,(H,47,53)(H,48,54). The number of ether oxygens (including phenoxy) is 2. The predicted molar refractivity (Wildman–Crippen MR) is 223 cm³/mol. The Kier molecular flexibility index (Phi) is 17.9. The topological polar surface area (TPSA) is 151 Å². The Morgan fingerprint density at radius 1 is 0.482 bits per heavy atom. The Morgan fingerprint density at radius 3 is 1.04 bits per heavy atom. The number of esters is 2. The molecule has 314 valence electrons. The molecule has 0 aliphatic rings. The van der Waals surface area contributed by atoms with Gasteiger partial charge in [-0.2, -0.15) is 0 Å². The Labute approximate surface area is 336 Å². The lowest BCUT2D eigenvalue weighted by Gasteiger charge is -2.28. The molecule has 0 atom stereocenters. The van der Waals surface area contributed by atoms with E-state index in [0.29, 0.717) is 76.3 Å². The number of unbranched alkanes of at least 4 members (excludes halogenated alkanes) is 4. The fourth-order valence-electron chi connectivity index (χ4n) is 6.35. The van der Waals surface area contributed by atoms with E-state index in [1.54, 1.807) is 0 Å². The summed E-state index contributed by atoms with van der Waals surface area (Å²) in [5.41, 5.74) is 4.52. The summed E-state index contributed by atoms with van der Waals surface area (Å²) in [6.45, 7) is 26.0. The van der Waals surface area contributed by atoms with Gasteiger partial charge in [0.25, 0.3) is 0 Å². The molecule has 0 aliphatic heterocycles. The Bertz CT molecular complexity index is 1440. The van der Waals surface area contributed by atoms with Crippen LogP contribution in [0.15, 0.2) is 24.3 Å². The van der Waals surface area contributed by atoms with Gasteiger partial charge in [-0.3, -0.25) is 19.2 Å². The maximum Gasteiger partial charge on any atom is 0.309 e. The minimum atomic E-state index is -0.679. The summed E-state index contributed by atoms with van der Waals surface area (Å²) in [4.78, 5) is 49.2. The van der Waals surface area contributed by atoms with Crippen molar-refractivity contribution in [2.45, 2.75) is 169 Å². The van der Waals surface area contributed by atoms with Gasteiger partial charge in [-0.15, -0.1) is 0 Å². The van der Waals surface area contributed by atoms with E-state index in [1.165, 1.54) is 0 Å². The largest absolute Gasteiger partial charge is 0.507 e. The molecule has 2 aromatic rings. The number of phenolic OH excluding ortho intramolecular Hbond substituents is 2. The summed E-state index contributed by atoms with van der Waals surface area (Å²) in [7, 11) is 0. The van der Waals surface area contributed by atoms with Crippen molar-refractivity contribution in [2.24, 2.45) is 0 Å². The van der Waals surface area contributed by atoms with E-state index in [9.17, 15) is 29.4 Å². The van der Waals surface area contributed by atoms with E-state index in [1.807, 2.05) is 24.3 Å². The number of hydrogen-bond donors (Lipinski definition) is 4. The number of phenols is 2. The van der Waals surface area contributed by atoms with Crippen molar-refractivity contribution in [1.82, 2.24) is 10.6 Å². The molecule has 2 rings (SSSR count). The van der Waals surface area contributed by atoms with Crippen LogP contribution >= 0.6 is 0 Å². The number of carbonyl (C=O) groups is 4.